The van der Waals surface area contributed by atoms with Crippen LogP contribution in [0.25, 0.3) is 6.08 Å². The molecule has 4 aliphatic heterocycles. The molecule has 35 heavy (non-hydrogen) atoms. The van der Waals surface area contributed by atoms with Gasteiger partial charge in [0.1, 0.15) is 55.6 Å². The van der Waals surface area contributed by atoms with Gasteiger partial charge in [-0.2, -0.15) is 0 Å². The smallest absolute Gasteiger partial charge is 0.247 e. The minimum Gasteiger partial charge on any atom is -0.504 e. The Hall–Kier alpha value is -2.58. The first-order valence-corrected chi connectivity index (χ1v) is 11.2. The highest BCUT2D eigenvalue weighted by Gasteiger charge is 2.63. The highest BCUT2D eigenvalue weighted by atomic mass is 16.7. The van der Waals surface area contributed by atoms with Crippen molar-refractivity contribution in [3.63, 3.8) is 0 Å². The number of aliphatic hydroxyl groups excluding tert-OH is 3. The second kappa shape index (κ2) is 9.13. The predicted molar refractivity (Wildman–Crippen MR) is 115 cm³/mol. The zero-order chi connectivity index (χ0) is 25.0. The predicted octanol–water partition coefficient (Wildman–Crippen LogP) is -1.42. The van der Waals surface area contributed by atoms with Crippen molar-refractivity contribution in [2.24, 2.45) is 0 Å². The number of rotatable bonds is 6. The fourth-order valence-electron chi connectivity index (χ4n) is 4.93. The Morgan fingerprint density at radius 3 is 2.37 bits per heavy atom. The maximum absolute atomic E-state index is 12.8. The van der Waals surface area contributed by atoms with Crippen LogP contribution in [0.4, 0.5) is 0 Å². The maximum atomic E-state index is 12.8. The molecule has 5 rings (SSSR count). The van der Waals surface area contributed by atoms with Crippen LogP contribution in [0.1, 0.15) is 19.4 Å². The molecule has 12 heteroatoms. The first kappa shape index (κ1) is 24.1. The Labute approximate surface area is 200 Å². The Balaban J connectivity index is 1.22. The van der Waals surface area contributed by atoms with Crippen LogP contribution in [-0.2, 0) is 28.5 Å². The summed E-state index contributed by atoms with van der Waals surface area (Å²) in [7, 11) is 0. The van der Waals surface area contributed by atoms with Gasteiger partial charge < -0.3 is 49.4 Å². The molecule has 4 heterocycles. The number of phenols is 1. The van der Waals surface area contributed by atoms with Crippen LogP contribution in [0, 0.1) is 0 Å². The van der Waals surface area contributed by atoms with Crippen LogP contribution < -0.4 is 10.1 Å². The number of phenolic OH excluding ortho intramolecular Hbond substituents is 1. The second-order valence-electron chi connectivity index (χ2n) is 9.12. The molecule has 0 saturated carbocycles. The molecule has 0 aliphatic carbocycles. The minimum absolute atomic E-state index is 0.0414. The highest BCUT2D eigenvalue weighted by Crippen LogP contribution is 2.41. The van der Waals surface area contributed by atoms with Crippen molar-refractivity contribution in [3.8, 4) is 11.5 Å². The van der Waals surface area contributed by atoms with Gasteiger partial charge in [-0.05, 0) is 37.6 Å². The van der Waals surface area contributed by atoms with Crippen LogP contribution in [0.3, 0.4) is 0 Å². The average Bonchev–Trinajstić information content (AvgIpc) is 3.55. The van der Waals surface area contributed by atoms with E-state index in [0.717, 1.165) is 0 Å². The third-order valence-corrected chi connectivity index (χ3v) is 6.75. The lowest BCUT2D eigenvalue weighted by Gasteiger charge is -2.30. The minimum atomic E-state index is -1.48. The van der Waals surface area contributed by atoms with Crippen LogP contribution in [0.2, 0.25) is 0 Å². The molecule has 4 fully saturated rings. The van der Waals surface area contributed by atoms with Crippen molar-refractivity contribution in [1.29, 1.82) is 0 Å². The van der Waals surface area contributed by atoms with E-state index in [1.807, 2.05) is 0 Å². The third-order valence-electron chi connectivity index (χ3n) is 6.75. The molecule has 10 atom stereocenters. The van der Waals surface area contributed by atoms with E-state index in [-0.39, 0.29) is 30.5 Å². The second-order valence-corrected chi connectivity index (χ2v) is 9.12. The normalized spacial score (nSPS) is 40.1. The molecule has 4 unspecified atom stereocenters. The van der Waals surface area contributed by atoms with Gasteiger partial charge >= 0.3 is 0 Å². The summed E-state index contributed by atoms with van der Waals surface area (Å²) >= 11 is 0. The van der Waals surface area contributed by atoms with Crippen molar-refractivity contribution >= 4 is 17.8 Å². The van der Waals surface area contributed by atoms with Crippen LogP contribution >= 0.6 is 0 Å². The number of hydrogen-bond acceptors (Lipinski definition) is 11. The first-order chi connectivity index (χ1) is 16.7. The standard InChI is InChI=1S/C23H27NO11/c1-8(22(30)24-13-14(27)19-21-20(18(13)34-19)31-7-32-21)5-10-3-4-12(11(26)6-10)33-23-16(29)15(28)17(35-23)9(2)25/h3-6,13-21,23,26-29H,7H2,1-2H3,(H,24,30)/b8-5+/t13-,14+,15+,16+,17-,18?,19?,20?,21?,23-/m1/s1. The number of aromatic hydroxyl groups is 1. The molecule has 0 aromatic heterocycles. The maximum Gasteiger partial charge on any atom is 0.247 e. The van der Waals surface area contributed by atoms with Crippen molar-refractivity contribution < 1.29 is 53.7 Å². The number of benzene rings is 1. The van der Waals surface area contributed by atoms with Gasteiger partial charge in [-0.3, -0.25) is 9.59 Å². The summed E-state index contributed by atoms with van der Waals surface area (Å²) in [5.74, 6) is -1.23. The number of Topliss-reactive ketones (excluding diaryl/α,β-unsaturated/α-hetero) is 1. The van der Waals surface area contributed by atoms with Crippen molar-refractivity contribution in [2.75, 3.05) is 6.79 Å². The van der Waals surface area contributed by atoms with Gasteiger partial charge in [0.2, 0.25) is 12.2 Å². The SMILES string of the molecule is CC(=O)[C@H]1O[C@@H](Oc2ccc(/C=C(\C)C(=O)N[C@H]3C4OC(C5OCOC54)[C@H]3O)cc2O)[C@@H](O)[C@@H]1O. The summed E-state index contributed by atoms with van der Waals surface area (Å²) in [6.07, 6.45) is -6.61. The van der Waals surface area contributed by atoms with Crippen molar-refractivity contribution in [1.82, 2.24) is 5.32 Å². The summed E-state index contributed by atoms with van der Waals surface area (Å²) < 4.78 is 27.4. The average molecular weight is 493 g/mol. The van der Waals surface area contributed by atoms with E-state index in [1.54, 1.807) is 13.0 Å². The van der Waals surface area contributed by atoms with Crippen LogP contribution in [0.5, 0.6) is 11.5 Å². The Morgan fingerprint density at radius 1 is 1.00 bits per heavy atom. The number of carbonyl (C=O) groups excluding carboxylic acids is 2. The monoisotopic (exact) mass is 493 g/mol. The molecular weight excluding hydrogens is 466 g/mol. The van der Waals surface area contributed by atoms with Crippen molar-refractivity contribution in [3.05, 3.63) is 29.3 Å². The summed E-state index contributed by atoms with van der Waals surface area (Å²) in [6.45, 7) is 2.94. The number of ketones is 1. The quantitative estimate of drug-likeness (QED) is 0.294. The van der Waals surface area contributed by atoms with E-state index < -0.39 is 60.6 Å². The number of hydrogen-bond donors (Lipinski definition) is 5. The van der Waals surface area contributed by atoms with E-state index in [9.17, 15) is 30.0 Å². The fourth-order valence-corrected chi connectivity index (χ4v) is 4.93. The number of amides is 1. The zero-order valence-corrected chi connectivity index (χ0v) is 18.9. The molecule has 4 aliphatic rings. The summed E-state index contributed by atoms with van der Waals surface area (Å²) in [4.78, 5) is 24.3. The van der Waals surface area contributed by atoms with Gasteiger partial charge in [-0.1, -0.05) is 6.07 Å². The van der Waals surface area contributed by atoms with Crippen LogP contribution in [-0.4, -0.2) is 100 Å². The Morgan fingerprint density at radius 2 is 1.71 bits per heavy atom. The first-order valence-electron chi connectivity index (χ1n) is 11.2. The molecule has 1 amide bonds. The lowest BCUT2D eigenvalue weighted by atomic mass is 9.88. The molecule has 2 bridgehead atoms. The molecule has 1 aromatic carbocycles. The summed E-state index contributed by atoms with van der Waals surface area (Å²) in [6, 6.07) is 3.67. The van der Waals surface area contributed by atoms with E-state index >= 15 is 0 Å². The zero-order valence-electron chi connectivity index (χ0n) is 18.9. The van der Waals surface area contributed by atoms with Gasteiger partial charge in [-0.15, -0.1) is 0 Å². The van der Waals surface area contributed by atoms with Crippen molar-refractivity contribution in [2.45, 2.75) is 75.0 Å². The highest BCUT2D eigenvalue weighted by molar-refractivity contribution is 5.97. The number of carbonyl (C=O) groups is 2. The number of fused-ring (bicyclic) bond motifs is 5. The molecule has 4 saturated heterocycles. The summed E-state index contributed by atoms with van der Waals surface area (Å²) in [5.41, 5.74) is 0.796. The molecular formula is C23H27NO11. The number of aliphatic hydroxyl groups is 3. The largest absolute Gasteiger partial charge is 0.504 e. The van der Waals surface area contributed by atoms with Gasteiger partial charge in [0.25, 0.3) is 0 Å². The van der Waals surface area contributed by atoms with E-state index in [2.05, 4.69) is 5.32 Å². The Bertz CT molecular complexity index is 1040. The van der Waals surface area contributed by atoms with Gasteiger partial charge in [0.05, 0.1) is 6.04 Å². The number of nitrogens with one attached hydrogen (secondary N) is 1. The van der Waals surface area contributed by atoms with Gasteiger partial charge in [-0.25, -0.2) is 0 Å². The molecule has 12 nitrogen and oxygen atoms in total. The summed E-state index contributed by atoms with van der Waals surface area (Å²) in [5, 5.41) is 43.6. The van der Waals surface area contributed by atoms with Gasteiger partial charge in [0.15, 0.2) is 17.3 Å². The van der Waals surface area contributed by atoms with E-state index in [1.165, 1.54) is 25.1 Å². The fraction of sp³-hybridized carbons (Fsp3) is 0.565. The lowest BCUT2D eigenvalue weighted by molar-refractivity contribution is -0.141. The molecule has 190 valence electrons. The number of ether oxygens (including phenoxy) is 5. The lowest BCUT2D eigenvalue weighted by Crippen LogP contribution is -2.58. The molecule has 1 aromatic rings. The van der Waals surface area contributed by atoms with E-state index in [4.69, 9.17) is 23.7 Å². The molecule has 5 N–H and O–H groups in total. The van der Waals surface area contributed by atoms with E-state index in [0.29, 0.717) is 11.1 Å². The topological polar surface area (TPSA) is 173 Å². The Kier molecular flexibility index (Phi) is 6.30. The molecule has 0 radical (unpaired) electrons. The van der Waals surface area contributed by atoms with Gasteiger partial charge in [0, 0.05) is 5.57 Å². The molecule has 0 spiro atoms. The third kappa shape index (κ3) is 4.20. The van der Waals surface area contributed by atoms with Crippen LogP contribution in [0.15, 0.2) is 23.8 Å².